The molecule has 0 saturated heterocycles. The van der Waals surface area contributed by atoms with Crippen molar-refractivity contribution in [2.24, 2.45) is 0 Å². The van der Waals surface area contributed by atoms with Crippen LogP contribution in [0.3, 0.4) is 0 Å². The fourth-order valence-corrected chi connectivity index (χ4v) is 3.28. The number of anilines is 1. The third-order valence-electron chi connectivity index (χ3n) is 3.99. The van der Waals surface area contributed by atoms with E-state index in [0.717, 1.165) is 11.1 Å². The zero-order chi connectivity index (χ0) is 15.9. The molecule has 0 fully saturated rings. The van der Waals surface area contributed by atoms with E-state index < -0.39 is 18.1 Å². The van der Waals surface area contributed by atoms with Gasteiger partial charge in [0.1, 0.15) is 6.80 Å². The Bertz CT molecular complexity index is 681. The molecule has 0 aliphatic carbocycles. The fraction of sp³-hybridized carbons (Fsp3) is 0.250. The standard InChI is InChI=1S/C16H15Cl2FN2O/c1-20-14-8-7-12(17)9-13(14)15(11-5-3-2-4-6-11)21(10-19)16(20,18)22/h2-9,15,22H,10H2,1H3. The Morgan fingerprint density at radius 2 is 1.91 bits per heavy atom. The fourth-order valence-electron chi connectivity index (χ4n) is 2.87. The number of benzene rings is 2. The van der Waals surface area contributed by atoms with Gasteiger partial charge in [0.05, 0.1) is 6.04 Å². The Morgan fingerprint density at radius 3 is 2.55 bits per heavy atom. The first-order valence-corrected chi connectivity index (χ1v) is 7.54. The first-order valence-electron chi connectivity index (χ1n) is 6.79. The molecule has 1 aliphatic rings. The summed E-state index contributed by atoms with van der Waals surface area (Å²) in [6, 6.07) is 14.1. The van der Waals surface area contributed by atoms with Crippen LogP contribution in [0.2, 0.25) is 5.02 Å². The molecule has 0 amide bonds. The lowest BCUT2D eigenvalue weighted by molar-refractivity contribution is -0.0819. The van der Waals surface area contributed by atoms with E-state index in [9.17, 15) is 9.50 Å². The van der Waals surface area contributed by atoms with Crippen molar-refractivity contribution in [3.63, 3.8) is 0 Å². The van der Waals surface area contributed by atoms with Gasteiger partial charge in [-0.1, -0.05) is 41.9 Å². The number of halogens is 3. The van der Waals surface area contributed by atoms with Crippen molar-refractivity contribution < 1.29 is 9.50 Å². The minimum absolute atomic E-state index is 0.529. The van der Waals surface area contributed by atoms with Crippen molar-refractivity contribution in [1.29, 1.82) is 0 Å². The summed E-state index contributed by atoms with van der Waals surface area (Å²) in [5.41, 5.74) is 2.33. The predicted octanol–water partition coefficient (Wildman–Crippen LogP) is 3.95. The minimum atomic E-state index is -1.96. The quantitative estimate of drug-likeness (QED) is 0.662. The second-order valence-corrected chi connectivity index (χ2v) is 6.16. The molecule has 2 atom stereocenters. The smallest absolute Gasteiger partial charge is 0.283 e. The average Bonchev–Trinajstić information content (AvgIpc) is 2.51. The molecule has 1 heterocycles. The Labute approximate surface area is 138 Å². The van der Waals surface area contributed by atoms with Gasteiger partial charge in [0, 0.05) is 17.8 Å². The van der Waals surface area contributed by atoms with Crippen LogP contribution in [0.1, 0.15) is 17.2 Å². The second-order valence-electron chi connectivity index (χ2n) is 5.22. The van der Waals surface area contributed by atoms with Crippen molar-refractivity contribution in [3.05, 3.63) is 64.7 Å². The Kier molecular flexibility index (Phi) is 4.03. The number of hydrogen-bond acceptors (Lipinski definition) is 3. The lowest BCUT2D eigenvalue weighted by atomic mass is 9.93. The third kappa shape index (κ3) is 2.36. The van der Waals surface area contributed by atoms with E-state index in [-0.39, 0.29) is 0 Å². The molecule has 3 nitrogen and oxygen atoms in total. The highest BCUT2D eigenvalue weighted by molar-refractivity contribution is 6.30. The van der Waals surface area contributed by atoms with Crippen LogP contribution in [0.4, 0.5) is 10.1 Å². The maximum absolute atomic E-state index is 13.7. The highest BCUT2D eigenvalue weighted by Crippen LogP contribution is 2.47. The molecular weight excluding hydrogens is 326 g/mol. The zero-order valence-electron chi connectivity index (χ0n) is 11.9. The summed E-state index contributed by atoms with van der Waals surface area (Å²) in [5.74, 6) is 0. The number of fused-ring (bicyclic) bond motifs is 1. The molecule has 0 aromatic heterocycles. The minimum Gasteiger partial charge on any atom is -0.346 e. The normalized spacial score (nSPS) is 25.1. The maximum Gasteiger partial charge on any atom is 0.283 e. The third-order valence-corrected chi connectivity index (χ3v) is 4.70. The van der Waals surface area contributed by atoms with Crippen molar-refractivity contribution in [2.75, 3.05) is 18.7 Å². The van der Waals surface area contributed by atoms with Crippen LogP contribution in [0, 0.1) is 0 Å². The number of aliphatic hydroxyl groups is 1. The molecule has 2 aromatic carbocycles. The largest absolute Gasteiger partial charge is 0.346 e. The Hall–Kier alpha value is -1.33. The van der Waals surface area contributed by atoms with Crippen LogP contribution >= 0.6 is 23.2 Å². The summed E-state index contributed by atoms with van der Waals surface area (Å²) in [7, 11) is 1.61. The summed E-state index contributed by atoms with van der Waals surface area (Å²) in [4.78, 5) is 2.61. The van der Waals surface area contributed by atoms with Gasteiger partial charge >= 0.3 is 0 Å². The molecule has 1 aliphatic heterocycles. The topological polar surface area (TPSA) is 26.7 Å². The van der Waals surface area contributed by atoms with E-state index in [2.05, 4.69) is 0 Å². The van der Waals surface area contributed by atoms with Crippen molar-refractivity contribution in [3.8, 4) is 0 Å². The van der Waals surface area contributed by atoms with Crippen molar-refractivity contribution in [1.82, 2.24) is 4.90 Å². The van der Waals surface area contributed by atoms with E-state index in [4.69, 9.17) is 23.2 Å². The number of alkyl halides is 2. The maximum atomic E-state index is 13.7. The van der Waals surface area contributed by atoms with Gasteiger partial charge in [-0.3, -0.25) is 0 Å². The highest BCUT2D eigenvalue weighted by Gasteiger charge is 2.47. The van der Waals surface area contributed by atoms with E-state index >= 15 is 0 Å². The summed E-state index contributed by atoms with van der Waals surface area (Å²) in [6.45, 7) is -0.907. The van der Waals surface area contributed by atoms with Crippen LogP contribution in [0.25, 0.3) is 0 Å². The summed E-state index contributed by atoms with van der Waals surface area (Å²) in [6.07, 6.45) is 0. The Morgan fingerprint density at radius 1 is 1.23 bits per heavy atom. The van der Waals surface area contributed by atoms with Gasteiger partial charge in [-0.25, -0.2) is 9.29 Å². The summed E-state index contributed by atoms with van der Waals surface area (Å²) in [5, 5.41) is 9.18. The first-order chi connectivity index (χ1) is 10.5. The molecule has 6 heteroatoms. The van der Waals surface area contributed by atoms with E-state index in [1.165, 1.54) is 9.80 Å². The number of nitrogens with zero attached hydrogens (tertiary/aromatic N) is 2. The van der Waals surface area contributed by atoms with Crippen LogP contribution in [0.15, 0.2) is 48.5 Å². The summed E-state index contributed by atoms with van der Waals surface area (Å²) >= 11 is 12.3. The van der Waals surface area contributed by atoms with Gasteiger partial charge in [-0.05, 0) is 40.9 Å². The van der Waals surface area contributed by atoms with Gasteiger partial charge in [-0.15, -0.1) is 0 Å². The molecule has 3 rings (SSSR count). The molecule has 0 bridgehead atoms. The Balaban J connectivity index is 2.25. The predicted molar refractivity (Wildman–Crippen MR) is 86.8 cm³/mol. The van der Waals surface area contributed by atoms with Crippen molar-refractivity contribution in [2.45, 2.75) is 11.3 Å². The van der Waals surface area contributed by atoms with Gasteiger partial charge in [-0.2, -0.15) is 0 Å². The van der Waals surface area contributed by atoms with Crippen LogP contribution in [0.5, 0.6) is 0 Å². The SMILES string of the molecule is CN1c2ccc(Cl)cc2C(c2ccccc2)N(CF)C1(O)Cl. The van der Waals surface area contributed by atoms with Gasteiger partial charge in [0.15, 0.2) is 0 Å². The molecule has 116 valence electrons. The molecular formula is C16H15Cl2FN2O. The van der Waals surface area contributed by atoms with Crippen LogP contribution in [-0.2, 0) is 0 Å². The molecule has 1 N–H and O–H groups in total. The molecule has 2 unspecified atom stereocenters. The van der Waals surface area contributed by atoms with Crippen LogP contribution < -0.4 is 4.90 Å². The number of hydrogen-bond donors (Lipinski definition) is 1. The average molecular weight is 341 g/mol. The van der Waals surface area contributed by atoms with Gasteiger partial charge in [0.2, 0.25) is 0 Å². The summed E-state index contributed by atoms with van der Waals surface area (Å²) < 4.78 is 13.7. The molecule has 2 aromatic rings. The molecule has 0 radical (unpaired) electrons. The molecule has 0 spiro atoms. The molecule has 0 saturated carbocycles. The zero-order valence-corrected chi connectivity index (χ0v) is 13.4. The highest BCUT2D eigenvalue weighted by atomic mass is 35.5. The van der Waals surface area contributed by atoms with E-state index in [0.29, 0.717) is 10.7 Å². The number of rotatable bonds is 2. The van der Waals surface area contributed by atoms with Crippen LogP contribution in [-0.4, -0.2) is 29.2 Å². The lowest BCUT2D eigenvalue weighted by Gasteiger charge is -2.49. The second kappa shape index (κ2) is 5.70. The first kappa shape index (κ1) is 15.6. The molecule has 22 heavy (non-hydrogen) atoms. The monoisotopic (exact) mass is 340 g/mol. The van der Waals surface area contributed by atoms with Gasteiger partial charge < -0.3 is 10.0 Å². The van der Waals surface area contributed by atoms with Crippen molar-refractivity contribution >= 4 is 28.9 Å². The van der Waals surface area contributed by atoms with E-state index in [1.807, 2.05) is 30.3 Å². The lowest BCUT2D eigenvalue weighted by Crippen LogP contribution is -2.60. The van der Waals surface area contributed by atoms with Gasteiger partial charge in [0.25, 0.3) is 5.31 Å². The van der Waals surface area contributed by atoms with E-state index in [1.54, 1.807) is 25.2 Å².